The lowest BCUT2D eigenvalue weighted by atomic mass is 9.95. The van der Waals surface area contributed by atoms with Crippen molar-refractivity contribution in [2.45, 2.75) is 13.0 Å². The van der Waals surface area contributed by atoms with E-state index in [9.17, 15) is 29.3 Å². The second-order valence-electron chi connectivity index (χ2n) is 7.38. The van der Waals surface area contributed by atoms with E-state index in [1.807, 2.05) is 0 Å². The van der Waals surface area contributed by atoms with Crippen LogP contribution in [0.4, 0.5) is 10.5 Å². The minimum Gasteiger partial charge on any atom is -0.463 e. The number of urea groups is 1. The number of ether oxygens (including phenoxy) is 1. The first-order chi connectivity index (χ1) is 16.2. The third-order valence-electron chi connectivity index (χ3n) is 5.33. The molecule has 0 saturated carbocycles. The number of carbonyl (C=O) groups is 4. The highest BCUT2D eigenvalue weighted by atomic mass is 35.5. The molecule has 34 heavy (non-hydrogen) atoms. The molecule has 0 radical (unpaired) electrons. The van der Waals surface area contributed by atoms with E-state index in [2.05, 4.69) is 10.6 Å². The van der Waals surface area contributed by atoms with Crippen LogP contribution in [0.2, 0.25) is 5.02 Å². The molecule has 0 aliphatic carbocycles. The molecule has 0 fully saturated rings. The number of hydrogen-bond acceptors (Lipinski definition) is 7. The molecule has 2 aromatic rings. The van der Waals surface area contributed by atoms with E-state index in [-0.39, 0.29) is 34.7 Å². The number of imide groups is 1. The van der Waals surface area contributed by atoms with Gasteiger partial charge in [0.1, 0.15) is 0 Å². The molecule has 2 N–H and O–H groups in total. The summed E-state index contributed by atoms with van der Waals surface area (Å²) in [6.45, 7) is 1.21. The summed E-state index contributed by atoms with van der Waals surface area (Å²) in [4.78, 5) is 62.3. The van der Waals surface area contributed by atoms with Gasteiger partial charge >= 0.3 is 12.0 Å². The molecule has 0 aromatic heterocycles. The average molecular weight is 485 g/mol. The Balaban J connectivity index is 1.75. The van der Waals surface area contributed by atoms with Gasteiger partial charge in [0.05, 0.1) is 46.5 Å². The summed E-state index contributed by atoms with van der Waals surface area (Å²) in [5.41, 5.74) is 0.0387. The highest BCUT2D eigenvalue weighted by molar-refractivity contribution is 6.30. The van der Waals surface area contributed by atoms with Gasteiger partial charge in [-0.1, -0.05) is 23.7 Å². The number of fused-ring (bicyclic) bond motifs is 1. The van der Waals surface area contributed by atoms with E-state index in [0.29, 0.717) is 10.6 Å². The van der Waals surface area contributed by atoms with Crippen LogP contribution in [0.15, 0.2) is 53.7 Å². The first-order valence-corrected chi connectivity index (χ1v) is 10.5. The fourth-order valence-corrected chi connectivity index (χ4v) is 3.92. The van der Waals surface area contributed by atoms with E-state index in [1.165, 1.54) is 6.07 Å². The maximum absolute atomic E-state index is 12.9. The summed E-state index contributed by atoms with van der Waals surface area (Å²) in [5, 5.41) is 16.6. The van der Waals surface area contributed by atoms with Gasteiger partial charge in [0.25, 0.3) is 17.5 Å². The average Bonchev–Trinajstić information content (AvgIpc) is 3.03. The fourth-order valence-electron chi connectivity index (χ4n) is 3.79. The number of non-ortho nitro benzene ring substituents is 1. The molecule has 2 aliphatic heterocycles. The SMILES string of the molecule is CCOC(=O)C1=C(CN2C(=O)c3ccc([N+](=O)[O-])cc3C2=O)NC(=O)NC1c1ccc(Cl)cc1. The van der Waals surface area contributed by atoms with Gasteiger partial charge in [-0.3, -0.25) is 24.6 Å². The minimum atomic E-state index is -0.934. The van der Waals surface area contributed by atoms with E-state index in [0.717, 1.165) is 17.0 Å². The third-order valence-corrected chi connectivity index (χ3v) is 5.59. The Hall–Kier alpha value is -4.25. The maximum atomic E-state index is 12.9. The summed E-state index contributed by atoms with van der Waals surface area (Å²) in [6, 6.07) is 8.17. The zero-order chi connectivity index (χ0) is 24.6. The van der Waals surface area contributed by atoms with Crippen molar-refractivity contribution in [3.8, 4) is 0 Å². The lowest BCUT2D eigenvalue weighted by Crippen LogP contribution is -2.49. The number of nitro groups is 1. The number of rotatable bonds is 6. The van der Waals surface area contributed by atoms with Crippen LogP contribution in [0.1, 0.15) is 39.2 Å². The van der Waals surface area contributed by atoms with Crippen LogP contribution in [0.5, 0.6) is 0 Å². The second-order valence-corrected chi connectivity index (χ2v) is 7.82. The molecule has 0 bridgehead atoms. The summed E-state index contributed by atoms with van der Waals surface area (Å²) >= 11 is 5.95. The number of nitro benzene ring substituents is 1. The molecule has 2 aliphatic rings. The Morgan fingerprint density at radius 3 is 2.44 bits per heavy atom. The van der Waals surface area contributed by atoms with Crippen LogP contribution in [-0.2, 0) is 9.53 Å². The number of hydrogen-bond donors (Lipinski definition) is 2. The first kappa shape index (κ1) is 22.9. The monoisotopic (exact) mass is 484 g/mol. The van der Waals surface area contributed by atoms with Crippen molar-refractivity contribution in [2.24, 2.45) is 0 Å². The fraction of sp³-hybridized carbons (Fsp3) is 0.182. The standard InChI is InChI=1S/C22H17ClN4O7/c1-2-34-21(30)17-16(24-22(31)25-18(17)11-3-5-12(23)6-4-11)10-26-19(28)14-8-7-13(27(32)33)9-15(14)20(26)29/h3-9,18H,2,10H2,1H3,(H2,24,25,31). The van der Waals surface area contributed by atoms with Crippen LogP contribution in [-0.4, -0.2) is 46.8 Å². The van der Waals surface area contributed by atoms with Crippen LogP contribution in [0.25, 0.3) is 0 Å². The number of nitrogens with one attached hydrogen (secondary N) is 2. The van der Waals surface area contributed by atoms with Gasteiger partial charge in [-0.2, -0.15) is 0 Å². The van der Waals surface area contributed by atoms with Crippen molar-refractivity contribution < 1.29 is 28.8 Å². The molecule has 1 unspecified atom stereocenters. The zero-order valence-electron chi connectivity index (χ0n) is 17.7. The van der Waals surface area contributed by atoms with Crippen molar-refractivity contribution in [3.05, 3.63) is 85.6 Å². The number of carbonyl (C=O) groups excluding carboxylic acids is 4. The summed E-state index contributed by atoms with van der Waals surface area (Å²) in [6.07, 6.45) is 0. The molecule has 12 heteroatoms. The van der Waals surface area contributed by atoms with E-state index in [1.54, 1.807) is 31.2 Å². The lowest BCUT2D eigenvalue weighted by Gasteiger charge is -2.30. The maximum Gasteiger partial charge on any atom is 0.338 e. The van der Waals surface area contributed by atoms with E-state index >= 15 is 0 Å². The van der Waals surface area contributed by atoms with Crippen LogP contribution in [0.3, 0.4) is 0 Å². The number of halogens is 1. The molecule has 0 saturated heterocycles. The van der Waals surface area contributed by atoms with E-state index in [4.69, 9.17) is 16.3 Å². The predicted octanol–water partition coefficient (Wildman–Crippen LogP) is 2.72. The van der Waals surface area contributed by atoms with Gasteiger partial charge < -0.3 is 15.4 Å². The van der Waals surface area contributed by atoms with Gasteiger partial charge in [-0.15, -0.1) is 0 Å². The Labute approximate surface area is 197 Å². The Morgan fingerprint density at radius 1 is 1.12 bits per heavy atom. The molecule has 2 aromatic carbocycles. The molecule has 4 rings (SSSR count). The number of amides is 4. The van der Waals surface area contributed by atoms with E-state index < -0.39 is 41.3 Å². The zero-order valence-corrected chi connectivity index (χ0v) is 18.4. The third kappa shape index (κ3) is 4.08. The molecule has 0 spiro atoms. The summed E-state index contributed by atoms with van der Waals surface area (Å²) < 4.78 is 5.17. The van der Waals surface area contributed by atoms with Gasteiger partial charge in [0, 0.05) is 17.2 Å². The minimum absolute atomic E-state index is 0.00584. The molecule has 1 atom stereocenters. The van der Waals surface area contributed by atoms with Gasteiger partial charge in [-0.25, -0.2) is 9.59 Å². The summed E-state index contributed by atoms with van der Waals surface area (Å²) in [7, 11) is 0. The van der Waals surface area contributed by atoms with Gasteiger partial charge in [0.2, 0.25) is 0 Å². The smallest absolute Gasteiger partial charge is 0.338 e. The van der Waals surface area contributed by atoms with Crippen molar-refractivity contribution >= 4 is 41.1 Å². The summed E-state index contributed by atoms with van der Waals surface area (Å²) in [5.74, 6) is -2.24. The van der Waals surface area contributed by atoms with Gasteiger partial charge in [0.15, 0.2) is 0 Å². The first-order valence-electron chi connectivity index (χ1n) is 10.1. The highest BCUT2D eigenvalue weighted by Gasteiger charge is 2.40. The number of benzene rings is 2. The van der Waals surface area contributed by atoms with Crippen LogP contribution >= 0.6 is 11.6 Å². The Bertz CT molecular complexity index is 1270. The quantitative estimate of drug-likeness (QED) is 0.277. The molecule has 174 valence electrons. The molecular weight excluding hydrogens is 468 g/mol. The second kappa shape index (κ2) is 8.94. The topological polar surface area (TPSA) is 148 Å². The van der Waals surface area contributed by atoms with Crippen molar-refractivity contribution in [2.75, 3.05) is 13.2 Å². The Morgan fingerprint density at radius 2 is 1.79 bits per heavy atom. The lowest BCUT2D eigenvalue weighted by molar-refractivity contribution is -0.384. The highest BCUT2D eigenvalue weighted by Crippen LogP contribution is 2.31. The normalized spacial score (nSPS) is 17.3. The number of nitrogens with zero attached hydrogens (tertiary/aromatic N) is 2. The molecule has 2 heterocycles. The molecule has 4 amide bonds. The molecule has 11 nitrogen and oxygen atoms in total. The predicted molar refractivity (Wildman–Crippen MR) is 118 cm³/mol. The largest absolute Gasteiger partial charge is 0.463 e. The van der Waals surface area contributed by atoms with Gasteiger partial charge in [-0.05, 0) is 30.7 Å². The Kier molecular flexibility index (Phi) is 6.03. The number of esters is 1. The van der Waals surface area contributed by atoms with Crippen molar-refractivity contribution in [1.29, 1.82) is 0 Å². The molecular formula is C22H17ClN4O7. The van der Waals surface area contributed by atoms with Crippen molar-refractivity contribution in [1.82, 2.24) is 15.5 Å². The van der Waals surface area contributed by atoms with Crippen molar-refractivity contribution in [3.63, 3.8) is 0 Å². The van der Waals surface area contributed by atoms with Crippen LogP contribution < -0.4 is 10.6 Å². The van der Waals surface area contributed by atoms with Crippen LogP contribution in [0, 0.1) is 10.1 Å².